The van der Waals surface area contributed by atoms with Crippen molar-refractivity contribution in [2.45, 2.75) is 58.2 Å². The molecule has 1 aliphatic carbocycles. The number of aryl methyl sites for hydroxylation is 2. The summed E-state index contributed by atoms with van der Waals surface area (Å²) in [6.45, 7) is 4.35. The molecule has 1 aromatic heterocycles. The quantitative estimate of drug-likeness (QED) is 0.617. The molecule has 2 aliphatic rings. The third kappa shape index (κ3) is 5.13. The molecule has 1 unspecified atom stereocenters. The van der Waals surface area contributed by atoms with Gasteiger partial charge in [0.2, 0.25) is 0 Å². The Morgan fingerprint density at radius 1 is 1.07 bits per heavy atom. The highest BCUT2D eigenvalue weighted by Gasteiger charge is 2.41. The number of alkyl halides is 3. The van der Waals surface area contributed by atoms with Crippen molar-refractivity contribution in [3.05, 3.63) is 11.6 Å². The first-order valence-electron chi connectivity index (χ1n) is 9.76. The minimum atomic E-state index is -4.04. The number of aliphatic imine (C=N–C) groups is 1. The number of nitrogens with one attached hydrogen (secondary N) is 2. The maximum atomic E-state index is 12.8. The lowest BCUT2D eigenvalue weighted by Crippen LogP contribution is -2.43. The van der Waals surface area contributed by atoms with Crippen molar-refractivity contribution < 1.29 is 13.2 Å². The Hall–Kier alpha value is -1.80. The van der Waals surface area contributed by atoms with Crippen LogP contribution in [0.1, 0.15) is 43.8 Å². The molecule has 0 bridgehead atoms. The van der Waals surface area contributed by atoms with E-state index < -0.39 is 12.1 Å². The molecule has 0 saturated heterocycles. The number of fused-ring (bicyclic) bond motifs is 1. The Morgan fingerprint density at radius 3 is 2.37 bits per heavy atom. The molecule has 152 valence electrons. The van der Waals surface area contributed by atoms with Gasteiger partial charge in [-0.1, -0.05) is 0 Å². The number of hydrogen-bond donors (Lipinski definition) is 2. The summed E-state index contributed by atoms with van der Waals surface area (Å²) in [5.74, 6) is 2.36. The number of hydrogen-bond acceptors (Lipinski definition) is 3. The average Bonchev–Trinajstić information content (AvgIpc) is 3.02. The molecule has 1 aromatic rings. The van der Waals surface area contributed by atoms with E-state index in [0.717, 1.165) is 43.5 Å². The van der Waals surface area contributed by atoms with Gasteiger partial charge in [0.25, 0.3) is 0 Å². The van der Waals surface area contributed by atoms with Crippen LogP contribution in [0.25, 0.3) is 0 Å². The maximum absolute atomic E-state index is 12.8. The van der Waals surface area contributed by atoms with Crippen LogP contribution in [0, 0.1) is 24.7 Å². The van der Waals surface area contributed by atoms with Crippen LogP contribution in [0.5, 0.6) is 0 Å². The van der Waals surface area contributed by atoms with Crippen molar-refractivity contribution in [3.63, 3.8) is 0 Å². The Kier molecular flexibility index (Phi) is 6.26. The molecular formula is C18H29F3N6. The van der Waals surface area contributed by atoms with Gasteiger partial charge in [0.15, 0.2) is 5.96 Å². The predicted octanol–water partition coefficient (Wildman–Crippen LogP) is 2.68. The first-order valence-corrected chi connectivity index (χ1v) is 9.76. The summed E-state index contributed by atoms with van der Waals surface area (Å²) >= 11 is 0. The third-order valence-electron chi connectivity index (χ3n) is 5.88. The molecule has 2 heterocycles. The van der Waals surface area contributed by atoms with Crippen molar-refractivity contribution in [2.24, 2.45) is 22.7 Å². The smallest absolute Gasteiger partial charge is 0.356 e. The normalized spacial score (nSPS) is 26.6. The SMILES string of the molecule is CN=C(NCC1CCC(C(F)(F)F)CC1)NCC1CCc2nnc(C)n2C1. The fraction of sp³-hybridized carbons (Fsp3) is 0.833. The Balaban J connectivity index is 1.39. The summed E-state index contributed by atoms with van der Waals surface area (Å²) in [5.41, 5.74) is 0. The highest BCUT2D eigenvalue weighted by molar-refractivity contribution is 5.79. The molecule has 1 aliphatic heterocycles. The summed E-state index contributed by atoms with van der Waals surface area (Å²) in [4.78, 5) is 4.25. The fourth-order valence-corrected chi connectivity index (χ4v) is 4.09. The lowest BCUT2D eigenvalue weighted by Gasteiger charge is -2.30. The van der Waals surface area contributed by atoms with E-state index in [1.165, 1.54) is 0 Å². The first kappa shape index (κ1) is 19.9. The molecule has 1 fully saturated rings. The molecule has 0 aromatic carbocycles. The van der Waals surface area contributed by atoms with E-state index in [2.05, 4.69) is 30.4 Å². The summed E-state index contributed by atoms with van der Waals surface area (Å²) in [5, 5.41) is 15.0. The van der Waals surface area contributed by atoms with E-state index in [-0.39, 0.29) is 18.8 Å². The molecule has 2 N–H and O–H groups in total. The second-order valence-corrected chi connectivity index (χ2v) is 7.77. The van der Waals surface area contributed by atoms with E-state index >= 15 is 0 Å². The Labute approximate surface area is 158 Å². The van der Waals surface area contributed by atoms with Crippen LogP contribution in [0.2, 0.25) is 0 Å². The fourth-order valence-electron chi connectivity index (χ4n) is 4.09. The van der Waals surface area contributed by atoms with Crippen LogP contribution >= 0.6 is 0 Å². The molecule has 1 saturated carbocycles. The zero-order valence-electron chi connectivity index (χ0n) is 16.0. The predicted molar refractivity (Wildman–Crippen MR) is 97.4 cm³/mol. The van der Waals surface area contributed by atoms with Gasteiger partial charge in [-0.3, -0.25) is 4.99 Å². The lowest BCUT2D eigenvalue weighted by atomic mass is 9.81. The highest BCUT2D eigenvalue weighted by atomic mass is 19.4. The van der Waals surface area contributed by atoms with E-state index in [1.54, 1.807) is 7.05 Å². The van der Waals surface area contributed by atoms with Crippen LogP contribution in [-0.4, -0.2) is 47.0 Å². The second-order valence-electron chi connectivity index (χ2n) is 7.77. The van der Waals surface area contributed by atoms with Crippen molar-refractivity contribution in [1.29, 1.82) is 0 Å². The first-order chi connectivity index (χ1) is 12.9. The minimum Gasteiger partial charge on any atom is -0.356 e. The van der Waals surface area contributed by atoms with Crippen LogP contribution in [0.4, 0.5) is 13.2 Å². The largest absolute Gasteiger partial charge is 0.391 e. The number of halogens is 3. The summed E-state index contributed by atoms with van der Waals surface area (Å²) in [6, 6.07) is 0. The Morgan fingerprint density at radius 2 is 1.74 bits per heavy atom. The average molecular weight is 386 g/mol. The topological polar surface area (TPSA) is 67.1 Å². The van der Waals surface area contributed by atoms with Gasteiger partial charge in [0, 0.05) is 33.1 Å². The zero-order chi connectivity index (χ0) is 19.4. The van der Waals surface area contributed by atoms with Gasteiger partial charge in [-0.05, 0) is 50.9 Å². The van der Waals surface area contributed by atoms with Crippen molar-refractivity contribution in [3.8, 4) is 0 Å². The molecule has 0 spiro atoms. The van der Waals surface area contributed by atoms with Crippen molar-refractivity contribution in [2.75, 3.05) is 20.1 Å². The van der Waals surface area contributed by atoms with Crippen LogP contribution in [-0.2, 0) is 13.0 Å². The van der Waals surface area contributed by atoms with Gasteiger partial charge in [0.1, 0.15) is 11.6 Å². The lowest BCUT2D eigenvalue weighted by molar-refractivity contribution is -0.183. The van der Waals surface area contributed by atoms with Crippen LogP contribution in [0.15, 0.2) is 4.99 Å². The Bertz CT molecular complexity index is 646. The minimum absolute atomic E-state index is 0.241. The molecular weight excluding hydrogens is 357 g/mol. The van der Waals surface area contributed by atoms with Gasteiger partial charge in [0.05, 0.1) is 5.92 Å². The zero-order valence-corrected chi connectivity index (χ0v) is 16.0. The van der Waals surface area contributed by atoms with Crippen LogP contribution < -0.4 is 10.6 Å². The van der Waals surface area contributed by atoms with Crippen molar-refractivity contribution in [1.82, 2.24) is 25.4 Å². The number of guanidine groups is 1. The van der Waals surface area contributed by atoms with Gasteiger partial charge in [-0.25, -0.2) is 0 Å². The van der Waals surface area contributed by atoms with Gasteiger partial charge >= 0.3 is 6.18 Å². The highest BCUT2D eigenvalue weighted by Crippen LogP contribution is 2.39. The summed E-state index contributed by atoms with van der Waals surface area (Å²) < 4.78 is 40.4. The molecule has 0 radical (unpaired) electrons. The maximum Gasteiger partial charge on any atom is 0.391 e. The molecule has 9 heteroatoms. The summed E-state index contributed by atoms with van der Waals surface area (Å²) in [6.07, 6.45) is -0.335. The van der Waals surface area contributed by atoms with E-state index in [9.17, 15) is 13.2 Å². The number of aromatic nitrogens is 3. The molecule has 0 amide bonds. The van der Waals surface area contributed by atoms with Crippen molar-refractivity contribution >= 4 is 5.96 Å². The van der Waals surface area contributed by atoms with Gasteiger partial charge in [-0.2, -0.15) is 13.2 Å². The number of rotatable bonds is 4. The molecule has 1 atom stereocenters. The molecule has 27 heavy (non-hydrogen) atoms. The van der Waals surface area contributed by atoms with Crippen LogP contribution in [0.3, 0.4) is 0 Å². The second kappa shape index (κ2) is 8.48. The van der Waals surface area contributed by atoms with E-state index in [0.29, 0.717) is 25.3 Å². The van der Waals surface area contributed by atoms with E-state index in [1.807, 2.05) is 6.92 Å². The standard InChI is InChI=1S/C18H29F3N6/c1-12-25-26-16-8-5-14(11-27(12)16)10-24-17(22-2)23-9-13-3-6-15(7-4-13)18(19,20)21/h13-15H,3-11H2,1-2H3,(H2,22,23,24). The van der Waals surface area contributed by atoms with Gasteiger partial charge < -0.3 is 15.2 Å². The molecule has 6 nitrogen and oxygen atoms in total. The third-order valence-corrected chi connectivity index (χ3v) is 5.88. The molecule has 3 rings (SSSR count). The van der Waals surface area contributed by atoms with E-state index in [4.69, 9.17) is 0 Å². The number of nitrogens with zero attached hydrogens (tertiary/aromatic N) is 4. The summed E-state index contributed by atoms with van der Waals surface area (Å²) in [7, 11) is 1.72. The monoisotopic (exact) mass is 386 g/mol. The van der Waals surface area contributed by atoms with Gasteiger partial charge in [-0.15, -0.1) is 10.2 Å².